The minimum absolute atomic E-state index is 0.0273. The molecule has 1 aliphatic carbocycles. The third-order valence-corrected chi connectivity index (χ3v) is 7.04. The van der Waals surface area contributed by atoms with E-state index in [1.807, 2.05) is 6.07 Å². The third-order valence-electron chi connectivity index (χ3n) is 5.88. The molecule has 3 heterocycles. The number of nitrogens with zero attached hydrogens (tertiary/aromatic N) is 2. The van der Waals surface area contributed by atoms with Crippen LogP contribution >= 0.6 is 11.3 Å². The third kappa shape index (κ3) is 4.15. The molecule has 29 heavy (non-hydrogen) atoms. The summed E-state index contributed by atoms with van der Waals surface area (Å²) >= 11 is 1.66. The van der Waals surface area contributed by atoms with Gasteiger partial charge in [-0.25, -0.2) is 4.98 Å². The first-order chi connectivity index (χ1) is 13.8. The highest BCUT2D eigenvalue weighted by molar-refractivity contribution is 7.18. The van der Waals surface area contributed by atoms with Crippen molar-refractivity contribution in [1.29, 1.82) is 0 Å². The standard InChI is InChI=1S/C22H27N3O3S/c1-22(2,3)14-6-7-16-17(11-14)29-20-19(16)21(27)25(13-24-20)9-8-18(26)23-12-15-5-4-10-28-15/h4-5,10,13-14H,6-9,11-12H2,1-3H3,(H,23,26). The monoisotopic (exact) mass is 413 g/mol. The molecule has 154 valence electrons. The normalized spacial score (nSPS) is 16.7. The Morgan fingerprint density at radius 2 is 2.24 bits per heavy atom. The fourth-order valence-electron chi connectivity index (χ4n) is 4.01. The molecule has 1 atom stereocenters. The topological polar surface area (TPSA) is 77.1 Å². The predicted octanol–water partition coefficient (Wildman–Crippen LogP) is 3.91. The van der Waals surface area contributed by atoms with Gasteiger partial charge in [-0.2, -0.15) is 0 Å². The van der Waals surface area contributed by atoms with Gasteiger partial charge in [-0.05, 0) is 48.3 Å². The number of fused-ring (bicyclic) bond motifs is 3. The molecule has 1 N–H and O–H groups in total. The number of hydrogen-bond donors (Lipinski definition) is 1. The molecule has 1 aliphatic rings. The first kappa shape index (κ1) is 19.9. The average Bonchev–Trinajstić information content (AvgIpc) is 3.32. The Morgan fingerprint density at radius 1 is 1.41 bits per heavy atom. The lowest BCUT2D eigenvalue weighted by Crippen LogP contribution is -2.28. The SMILES string of the molecule is CC(C)(C)C1CCc2c(sc3ncn(CCC(=O)NCc4ccco4)c(=O)c23)C1. The van der Waals surface area contributed by atoms with Gasteiger partial charge in [0.05, 0.1) is 24.5 Å². The van der Waals surface area contributed by atoms with Crippen molar-refractivity contribution in [1.82, 2.24) is 14.9 Å². The Morgan fingerprint density at radius 3 is 2.97 bits per heavy atom. The minimum Gasteiger partial charge on any atom is -0.467 e. The number of carbonyl (C=O) groups excluding carboxylic acids is 1. The van der Waals surface area contributed by atoms with Crippen molar-refractivity contribution >= 4 is 27.5 Å². The van der Waals surface area contributed by atoms with E-state index in [1.54, 1.807) is 34.6 Å². The van der Waals surface area contributed by atoms with Gasteiger partial charge >= 0.3 is 0 Å². The van der Waals surface area contributed by atoms with Crippen molar-refractivity contribution in [2.45, 2.75) is 59.5 Å². The lowest BCUT2D eigenvalue weighted by atomic mass is 9.72. The van der Waals surface area contributed by atoms with Crippen LogP contribution in [0, 0.1) is 11.3 Å². The zero-order chi connectivity index (χ0) is 20.6. The molecule has 0 saturated heterocycles. The Balaban J connectivity index is 1.48. The van der Waals surface area contributed by atoms with E-state index in [0.29, 0.717) is 24.8 Å². The number of carbonyl (C=O) groups is 1. The van der Waals surface area contributed by atoms with Crippen molar-refractivity contribution in [3.8, 4) is 0 Å². The molecule has 1 amide bonds. The van der Waals surface area contributed by atoms with Crippen LogP contribution in [-0.4, -0.2) is 15.5 Å². The second-order valence-electron chi connectivity index (χ2n) is 8.84. The summed E-state index contributed by atoms with van der Waals surface area (Å²) in [6, 6.07) is 3.60. The molecule has 0 saturated carbocycles. The number of amides is 1. The summed E-state index contributed by atoms with van der Waals surface area (Å²) < 4.78 is 6.77. The van der Waals surface area contributed by atoms with Gasteiger partial charge in [-0.1, -0.05) is 20.8 Å². The summed E-state index contributed by atoms with van der Waals surface area (Å²) in [6.07, 6.45) is 6.44. The van der Waals surface area contributed by atoms with Crippen LogP contribution in [0.2, 0.25) is 0 Å². The summed E-state index contributed by atoms with van der Waals surface area (Å²) in [5.74, 6) is 1.22. The highest BCUT2D eigenvalue weighted by Crippen LogP contribution is 2.41. The van der Waals surface area contributed by atoms with Gasteiger partial charge in [0.25, 0.3) is 5.56 Å². The lowest BCUT2D eigenvalue weighted by Gasteiger charge is -2.33. The van der Waals surface area contributed by atoms with E-state index >= 15 is 0 Å². The maximum absolute atomic E-state index is 13.1. The first-order valence-corrected chi connectivity index (χ1v) is 10.9. The van der Waals surface area contributed by atoms with Crippen LogP contribution in [0.15, 0.2) is 33.9 Å². The molecule has 3 aromatic heterocycles. The fraction of sp³-hybridized carbons (Fsp3) is 0.500. The second-order valence-corrected chi connectivity index (χ2v) is 9.92. The Labute approximate surface area is 174 Å². The molecule has 0 aromatic carbocycles. The van der Waals surface area contributed by atoms with Crippen LogP contribution in [-0.2, 0) is 30.7 Å². The Hall–Kier alpha value is -2.41. The molecule has 0 radical (unpaired) electrons. The van der Waals surface area contributed by atoms with E-state index in [-0.39, 0.29) is 23.3 Å². The van der Waals surface area contributed by atoms with Crippen LogP contribution in [0.3, 0.4) is 0 Å². The molecule has 7 heteroatoms. The van der Waals surface area contributed by atoms with Gasteiger partial charge in [0.2, 0.25) is 5.91 Å². The van der Waals surface area contributed by atoms with E-state index in [2.05, 4.69) is 31.1 Å². The maximum atomic E-state index is 13.1. The van der Waals surface area contributed by atoms with Crippen molar-refractivity contribution in [3.63, 3.8) is 0 Å². The maximum Gasteiger partial charge on any atom is 0.262 e. The summed E-state index contributed by atoms with van der Waals surface area (Å²) in [5.41, 5.74) is 1.42. The zero-order valence-electron chi connectivity index (χ0n) is 17.2. The Bertz CT molecular complexity index is 1070. The molecule has 0 fully saturated rings. The molecule has 4 rings (SSSR count). The van der Waals surface area contributed by atoms with Crippen molar-refractivity contribution in [2.24, 2.45) is 11.3 Å². The van der Waals surface area contributed by atoms with Crippen LogP contribution in [0.5, 0.6) is 0 Å². The molecule has 6 nitrogen and oxygen atoms in total. The number of hydrogen-bond acceptors (Lipinski definition) is 5. The van der Waals surface area contributed by atoms with Gasteiger partial charge < -0.3 is 9.73 Å². The minimum atomic E-state index is -0.117. The number of thiophene rings is 1. The molecule has 3 aromatic rings. The summed E-state index contributed by atoms with van der Waals surface area (Å²) in [7, 11) is 0. The van der Waals surface area contributed by atoms with Crippen LogP contribution < -0.4 is 10.9 Å². The predicted molar refractivity (Wildman–Crippen MR) is 114 cm³/mol. The lowest BCUT2D eigenvalue weighted by molar-refractivity contribution is -0.121. The number of aryl methyl sites for hydroxylation is 2. The molecule has 0 bridgehead atoms. The highest BCUT2D eigenvalue weighted by atomic mass is 32.1. The number of furan rings is 1. The Kier molecular flexibility index (Phi) is 5.34. The van der Waals surface area contributed by atoms with Crippen molar-refractivity contribution in [2.75, 3.05) is 0 Å². The van der Waals surface area contributed by atoms with E-state index in [1.165, 1.54) is 10.4 Å². The number of aromatic nitrogens is 2. The van der Waals surface area contributed by atoms with E-state index in [4.69, 9.17) is 4.42 Å². The van der Waals surface area contributed by atoms with Crippen LogP contribution in [0.4, 0.5) is 0 Å². The van der Waals surface area contributed by atoms with Crippen LogP contribution in [0.25, 0.3) is 10.2 Å². The largest absolute Gasteiger partial charge is 0.467 e. The molecule has 0 aliphatic heterocycles. The fourth-order valence-corrected chi connectivity index (χ4v) is 5.27. The molecular weight excluding hydrogens is 386 g/mol. The quantitative estimate of drug-likeness (QED) is 0.688. The number of rotatable bonds is 5. The van der Waals surface area contributed by atoms with Gasteiger partial charge in [-0.3, -0.25) is 14.2 Å². The average molecular weight is 414 g/mol. The number of nitrogens with one attached hydrogen (secondary N) is 1. The summed E-state index contributed by atoms with van der Waals surface area (Å²) in [4.78, 5) is 31.9. The molecular formula is C22H27N3O3S. The van der Waals surface area contributed by atoms with Gasteiger partial charge in [0, 0.05) is 17.8 Å². The van der Waals surface area contributed by atoms with Gasteiger partial charge in [0.15, 0.2) is 0 Å². The van der Waals surface area contributed by atoms with Gasteiger partial charge in [0.1, 0.15) is 10.6 Å². The van der Waals surface area contributed by atoms with E-state index in [9.17, 15) is 9.59 Å². The van der Waals surface area contributed by atoms with Crippen molar-refractivity contribution < 1.29 is 9.21 Å². The second kappa shape index (κ2) is 7.78. The van der Waals surface area contributed by atoms with Crippen molar-refractivity contribution in [3.05, 3.63) is 51.3 Å². The van der Waals surface area contributed by atoms with Crippen LogP contribution in [0.1, 0.15) is 49.8 Å². The molecule has 1 unspecified atom stereocenters. The summed E-state index contributed by atoms with van der Waals surface area (Å²) in [6.45, 7) is 7.54. The van der Waals surface area contributed by atoms with E-state index < -0.39 is 0 Å². The van der Waals surface area contributed by atoms with E-state index in [0.717, 1.165) is 29.5 Å². The smallest absolute Gasteiger partial charge is 0.262 e. The first-order valence-electron chi connectivity index (χ1n) is 10.1. The van der Waals surface area contributed by atoms with Gasteiger partial charge in [-0.15, -0.1) is 11.3 Å². The molecule has 0 spiro atoms. The summed E-state index contributed by atoms with van der Waals surface area (Å²) in [5, 5.41) is 3.57. The zero-order valence-corrected chi connectivity index (χ0v) is 18.0. The highest BCUT2D eigenvalue weighted by Gasteiger charge is 2.31.